The maximum Gasteiger partial charge on any atom is 0.341 e. The molecule has 0 saturated heterocycles. The van der Waals surface area contributed by atoms with Crippen molar-refractivity contribution in [3.8, 4) is 11.8 Å². The first-order chi connectivity index (χ1) is 11.7. The fourth-order valence-electron chi connectivity index (χ4n) is 2.61. The van der Waals surface area contributed by atoms with Gasteiger partial charge in [0.15, 0.2) is 6.61 Å². The van der Waals surface area contributed by atoms with E-state index in [-0.39, 0.29) is 18.6 Å². The molecule has 0 aliphatic heterocycles. The standard InChI is InChI=1S/C18H15ClN2O3/c1-12(11-19)24-18(22)17-14-6-5-13(23-9-7-20)10-16(14)21-8-3-2-4-15(17)21/h2-6,8,10,12H,9,11H2,1H3. The van der Waals surface area contributed by atoms with Crippen LogP contribution < -0.4 is 4.74 Å². The Labute approximate surface area is 144 Å². The van der Waals surface area contributed by atoms with Crippen LogP contribution in [0.3, 0.4) is 0 Å². The van der Waals surface area contributed by atoms with Crippen molar-refractivity contribution in [2.75, 3.05) is 12.5 Å². The number of pyridine rings is 1. The second-order valence-corrected chi connectivity index (χ2v) is 5.64. The summed E-state index contributed by atoms with van der Waals surface area (Å²) in [6, 6.07) is 12.9. The number of carbonyl (C=O) groups excluding carboxylic acids is 1. The number of fused-ring (bicyclic) bond motifs is 3. The zero-order valence-electron chi connectivity index (χ0n) is 13.0. The Morgan fingerprint density at radius 1 is 1.33 bits per heavy atom. The fraction of sp³-hybridized carbons (Fsp3) is 0.222. The summed E-state index contributed by atoms with van der Waals surface area (Å²) in [5, 5.41) is 9.41. The molecular weight excluding hydrogens is 328 g/mol. The highest BCUT2D eigenvalue weighted by molar-refractivity contribution is 6.18. The van der Waals surface area contributed by atoms with E-state index >= 15 is 0 Å². The largest absolute Gasteiger partial charge is 0.479 e. The Kier molecular flexibility index (Phi) is 4.59. The number of halogens is 1. The molecule has 0 amide bonds. The van der Waals surface area contributed by atoms with Crippen LogP contribution >= 0.6 is 11.6 Å². The number of nitrogens with zero attached hydrogens (tertiary/aromatic N) is 2. The molecule has 0 fully saturated rings. The Hall–Kier alpha value is -2.71. The number of rotatable bonds is 5. The summed E-state index contributed by atoms with van der Waals surface area (Å²) in [5.74, 6) is 0.399. The minimum absolute atomic E-state index is 0.0308. The van der Waals surface area contributed by atoms with Crippen LogP contribution in [0.15, 0.2) is 42.6 Å². The number of alkyl halides is 1. The molecule has 2 heterocycles. The molecule has 2 aromatic heterocycles. The summed E-state index contributed by atoms with van der Waals surface area (Å²) in [5.41, 5.74) is 2.05. The van der Waals surface area contributed by atoms with Crippen molar-refractivity contribution in [2.45, 2.75) is 13.0 Å². The second-order valence-electron chi connectivity index (χ2n) is 5.33. The molecule has 0 spiro atoms. The van der Waals surface area contributed by atoms with E-state index in [0.717, 1.165) is 16.4 Å². The molecule has 1 unspecified atom stereocenters. The van der Waals surface area contributed by atoms with Crippen molar-refractivity contribution in [3.63, 3.8) is 0 Å². The van der Waals surface area contributed by atoms with Crippen molar-refractivity contribution in [1.82, 2.24) is 4.40 Å². The van der Waals surface area contributed by atoms with Gasteiger partial charge in [-0.15, -0.1) is 11.6 Å². The second kappa shape index (κ2) is 6.81. The predicted octanol–water partition coefficient (Wildman–Crippen LogP) is 3.78. The highest BCUT2D eigenvalue weighted by Gasteiger charge is 2.21. The lowest BCUT2D eigenvalue weighted by Crippen LogP contribution is -2.16. The van der Waals surface area contributed by atoms with Crippen LogP contribution in [0.2, 0.25) is 0 Å². The van der Waals surface area contributed by atoms with Crippen molar-refractivity contribution in [3.05, 3.63) is 48.2 Å². The lowest BCUT2D eigenvalue weighted by molar-refractivity contribution is 0.0388. The number of esters is 1. The van der Waals surface area contributed by atoms with Gasteiger partial charge in [0.1, 0.15) is 17.9 Å². The van der Waals surface area contributed by atoms with Crippen LogP contribution in [0.1, 0.15) is 17.3 Å². The van der Waals surface area contributed by atoms with E-state index in [1.807, 2.05) is 34.9 Å². The third-order valence-corrected chi connectivity index (χ3v) is 4.08. The van der Waals surface area contributed by atoms with Gasteiger partial charge in [0.2, 0.25) is 0 Å². The van der Waals surface area contributed by atoms with E-state index in [9.17, 15) is 4.79 Å². The number of hydrogen-bond acceptors (Lipinski definition) is 4. The van der Waals surface area contributed by atoms with Gasteiger partial charge in [0, 0.05) is 17.6 Å². The summed E-state index contributed by atoms with van der Waals surface area (Å²) in [7, 11) is 0. The third kappa shape index (κ3) is 2.89. The first-order valence-corrected chi connectivity index (χ1v) is 7.98. The van der Waals surface area contributed by atoms with Gasteiger partial charge in [-0.25, -0.2) is 4.79 Å². The molecule has 3 aromatic rings. The average Bonchev–Trinajstić information content (AvgIpc) is 2.93. The minimum atomic E-state index is -0.410. The lowest BCUT2D eigenvalue weighted by Gasteiger charge is -2.09. The van der Waals surface area contributed by atoms with Gasteiger partial charge in [-0.3, -0.25) is 0 Å². The normalized spacial score (nSPS) is 12.0. The average molecular weight is 343 g/mol. The summed E-state index contributed by atoms with van der Waals surface area (Å²) in [4.78, 5) is 12.6. The highest BCUT2D eigenvalue weighted by atomic mass is 35.5. The van der Waals surface area contributed by atoms with E-state index in [2.05, 4.69) is 0 Å². The number of nitriles is 1. The molecule has 0 aliphatic carbocycles. The summed E-state index contributed by atoms with van der Waals surface area (Å²) in [6.45, 7) is 1.72. The number of benzene rings is 1. The Bertz CT molecular complexity index is 942. The molecular formula is C18H15ClN2O3. The SMILES string of the molecule is CC(CCl)OC(=O)c1c2ccc(OCC#N)cc2n2ccccc12. The molecule has 24 heavy (non-hydrogen) atoms. The Morgan fingerprint density at radius 3 is 2.92 bits per heavy atom. The predicted molar refractivity (Wildman–Crippen MR) is 91.6 cm³/mol. The summed E-state index contributed by atoms with van der Waals surface area (Å²) >= 11 is 5.74. The molecule has 0 saturated carbocycles. The molecule has 0 bridgehead atoms. The fourth-order valence-corrected chi connectivity index (χ4v) is 2.67. The van der Waals surface area contributed by atoms with Gasteiger partial charge in [-0.05, 0) is 31.2 Å². The van der Waals surface area contributed by atoms with Crippen molar-refractivity contribution in [2.24, 2.45) is 0 Å². The van der Waals surface area contributed by atoms with Crippen LogP contribution in [0.5, 0.6) is 5.75 Å². The van der Waals surface area contributed by atoms with E-state index in [4.69, 9.17) is 26.3 Å². The van der Waals surface area contributed by atoms with Crippen LogP contribution in [-0.4, -0.2) is 29.0 Å². The van der Waals surface area contributed by atoms with Gasteiger partial charge in [-0.1, -0.05) is 6.07 Å². The Balaban J connectivity index is 2.16. The van der Waals surface area contributed by atoms with Crippen LogP contribution in [0, 0.1) is 11.3 Å². The topological polar surface area (TPSA) is 63.7 Å². The van der Waals surface area contributed by atoms with Crippen LogP contribution in [-0.2, 0) is 4.74 Å². The third-order valence-electron chi connectivity index (χ3n) is 3.65. The van der Waals surface area contributed by atoms with Gasteiger partial charge in [-0.2, -0.15) is 5.26 Å². The molecule has 6 heteroatoms. The molecule has 0 N–H and O–H groups in total. The maximum atomic E-state index is 12.6. The minimum Gasteiger partial charge on any atom is -0.479 e. The lowest BCUT2D eigenvalue weighted by atomic mass is 10.1. The van der Waals surface area contributed by atoms with Crippen LogP contribution in [0.25, 0.3) is 16.4 Å². The molecule has 3 rings (SSSR count). The van der Waals surface area contributed by atoms with Gasteiger partial charge in [0.05, 0.1) is 22.5 Å². The molecule has 1 aromatic carbocycles. The maximum absolute atomic E-state index is 12.6. The number of hydrogen-bond donors (Lipinski definition) is 0. The first kappa shape index (κ1) is 16.2. The van der Waals surface area contributed by atoms with E-state index in [0.29, 0.717) is 11.3 Å². The van der Waals surface area contributed by atoms with Gasteiger partial charge < -0.3 is 13.9 Å². The summed E-state index contributed by atoms with van der Waals surface area (Å²) in [6.07, 6.45) is 1.50. The quantitative estimate of drug-likeness (QED) is 0.523. The van der Waals surface area contributed by atoms with Crippen molar-refractivity contribution < 1.29 is 14.3 Å². The summed E-state index contributed by atoms with van der Waals surface area (Å²) < 4.78 is 12.7. The van der Waals surface area contributed by atoms with Crippen molar-refractivity contribution >= 4 is 34.0 Å². The first-order valence-electron chi connectivity index (χ1n) is 7.45. The molecule has 0 radical (unpaired) electrons. The smallest absolute Gasteiger partial charge is 0.341 e. The molecule has 1 atom stereocenters. The zero-order valence-corrected chi connectivity index (χ0v) is 13.8. The monoisotopic (exact) mass is 342 g/mol. The Morgan fingerprint density at radius 2 is 2.17 bits per heavy atom. The van der Waals surface area contributed by atoms with E-state index in [1.54, 1.807) is 25.1 Å². The zero-order chi connectivity index (χ0) is 17.1. The van der Waals surface area contributed by atoms with Gasteiger partial charge >= 0.3 is 5.97 Å². The van der Waals surface area contributed by atoms with E-state index < -0.39 is 5.97 Å². The number of carbonyl (C=O) groups is 1. The number of ether oxygens (including phenoxy) is 2. The molecule has 0 aliphatic rings. The van der Waals surface area contributed by atoms with Gasteiger partial charge in [0.25, 0.3) is 0 Å². The molecule has 5 nitrogen and oxygen atoms in total. The van der Waals surface area contributed by atoms with Crippen molar-refractivity contribution in [1.29, 1.82) is 5.26 Å². The molecule has 122 valence electrons. The van der Waals surface area contributed by atoms with E-state index in [1.165, 1.54) is 0 Å². The van der Waals surface area contributed by atoms with Crippen LogP contribution in [0.4, 0.5) is 0 Å². The number of aromatic nitrogens is 1. The highest BCUT2D eigenvalue weighted by Crippen LogP contribution is 2.30.